The third kappa shape index (κ3) is 3.83. The summed E-state index contributed by atoms with van der Waals surface area (Å²) < 4.78 is 25.8. The van der Waals surface area contributed by atoms with E-state index in [0.29, 0.717) is 6.54 Å². The molecule has 0 radical (unpaired) electrons. The number of anilines is 1. The van der Waals surface area contributed by atoms with Gasteiger partial charge in [0.25, 0.3) is 0 Å². The number of rotatable bonds is 7. The Labute approximate surface area is 125 Å². The van der Waals surface area contributed by atoms with E-state index in [4.69, 9.17) is 5.73 Å². The molecule has 0 saturated heterocycles. The van der Waals surface area contributed by atoms with Crippen LogP contribution in [0.5, 0.6) is 0 Å². The van der Waals surface area contributed by atoms with E-state index in [1.807, 2.05) is 18.2 Å². The molecule has 1 heterocycles. The predicted molar refractivity (Wildman–Crippen MR) is 82.2 cm³/mol. The molecule has 1 aromatic heterocycles. The molecule has 0 aliphatic rings. The topological polar surface area (TPSA) is 92.1 Å². The van der Waals surface area contributed by atoms with Gasteiger partial charge in [0, 0.05) is 13.6 Å². The monoisotopic (exact) mass is 308 g/mol. The molecule has 0 unspecified atom stereocenters. The van der Waals surface area contributed by atoms with E-state index in [1.165, 1.54) is 16.1 Å². The Balaban J connectivity index is 1.85. The van der Waals surface area contributed by atoms with Crippen LogP contribution < -0.4 is 5.73 Å². The molecule has 0 saturated carbocycles. The summed E-state index contributed by atoms with van der Waals surface area (Å²) in [5, 5.41) is 6.09. The van der Waals surface area contributed by atoms with E-state index in [1.54, 1.807) is 7.05 Å². The van der Waals surface area contributed by atoms with Crippen LogP contribution in [0.1, 0.15) is 18.4 Å². The minimum atomic E-state index is -3.56. The van der Waals surface area contributed by atoms with Crippen molar-refractivity contribution in [3.05, 3.63) is 42.1 Å². The van der Waals surface area contributed by atoms with Gasteiger partial charge in [-0.25, -0.2) is 12.7 Å². The van der Waals surface area contributed by atoms with Gasteiger partial charge in [0.1, 0.15) is 10.7 Å². The number of hydrogen-bond acceptors (Lipinski definition) is 4. The molecule has 3 N–H and O–H groups in total. The first kappa shape index (κ1) is 15.5. The van der Waals surface area contributed by atoms with Gasteiger partial charge in [-0.15, -0.1) is 0 Å². The molecule has 2 aromatic rings. The fourth-order valence-corrected chi connectivity index (χ4v) is 3.30. The summed E-state index contributed by atoms with van der Waals surface area (Å²) in [5.74, 6) is 0.0751. The molecule has 0 aliphatic heterocycles. The van der Waals surface area contributed by atoms with Crippen molar-refractivity contribution >= 4 is 15.8 Å². The second-order valence-corrected chi connectivity index (χ2v) is 6.93. The van der Waals surface area contributed by atoms with Crippen LogP contribution >= 0.6 is 0 Å². The number of aryl methyl sites for hydroxylation is 1. The van der Waals surface area contributed by atoms with Gasteiger partial charge in [-0.3, -0.25) is 5.10 Å². The lowest BCUT2D eigenvalue weighted by Gasteiger charge is -2.16. The standard InChI is InChI=1S/C14H20N4O2S/c1-18(21(19,20)13-11-16-17-14(13)15)10-6-5-9-12-7-3-2-4-8-12/h2-4,7-8,11H,5-6,9-10H2,1H3,(H3,15,16,17). The average Bonchev–Trinajstić information content (AvgIpc) is 2.91. The van der Waals surface area contributed by atoms with Crippen molar-refractivity contribution in [2.24, 2.45) is 0 Å². The smallest absolute Gasteiger partial charge is 0.248 e. The van der Waals surface area contributed by atoms with Crippen LogP contribution in [-0.4, -0.2) is 36.5 Å². The number of H-pyrrole nitrogens is 1. The molecule has 21 heavy (non-hydrogen) atoms. The zero-order chi connectivity index (χ0) is 15.3. The number of benzene rings is 1. The highest BCUT2D eigenvalue weighted by Gasteiger charge is 2.24. The van der Waals surface area contributed by atoms with Crippen LogP contribution in [0.15, 0.2) is 41.4 Å². The van der Waals surface area contributed by atoms with Crippen LogP contribution in [0.4, 0.5) is 5.82 Å². The quantitative estimate of drug-likeness (QED) is 0.760. The van der Waals surface area contributed by atoms with E-state index in [-0.39, 0.29) is 10.7 Å². The molecule has 0 aliphatic carbocycles. The first-order valence-corrected chi connectivity index (χ1v) is 8.25. The number of nitrogens with one attached hydrogen (secondary N) is 1. The molecule has 114 valence electrons. The van der Waals surface area contributed by atoms with Crippen molar-refractivity contribution in [3.8, 4) is 0 Å². The van der Waals surface area contributed by atoms with E-state index in [0.717, 1.165) is 19.3 Å². The highest BCUT2D eigenvalue weighted by atomic mass is 32.2. The van der Waals surface area contributed by atoms with E-state index >= 15 is 0 Å². The normalized spacial score (nSPS) is 11.9. The summed E-state index contributed by atoms with van der Waals surface area (Å²) in [6.07, 6.45) is 3.92. The van der Waals surface area contributed by atoms with E-state index < -0.39 is 10.0 Å². The zero-order valence-corrected chi connectivity index (χ0v) is 12.8. The minimum Gasteiger partial charge on any atom is -0.383 e. The molecule has 0 fully saturated rings. The number of nitrogen functional groups attached to an aromatic ring is 1. The lowest BCUT2D eigenvalue weighted by atomic mass is 10.1. The average molecular weight is 308 g/mol. The maximum Gasteiger partial charge on any atom is 0.248 e. The first-order valence-electron chi connectivity index (χ1n) is 6.81. The number of hydrogen-bond donors (Lipinski definition) is 2. The largest absolute Gasteiger partial charge is 0.383 e. The van der Waals surface area contributed by atoms with E-state index in [2.05, 4.69) is 22.3 Å². The number of aromatic nitrogens is 2. The van der Waals surface area contributed by atoms with Gasteiger partial charge in [-0.1, -0.05) is 30.3 Å². The van der Waals surface area contributed by atoms with Crippen LogP contribution in [0, 0.1) is 0 Å². The third-order valence-corrected chi connectivity index (χ3v) is 5.24. The van der Waals surface area contributed by atoms with Gasteiger partial charge >= 0.3 is 0 Å². The van der Waals surface area contributed by atoms with Crippen molar-refractivity contribution < 1.29 is 8.42 Å². The molecule has 0 spiro atoms. The SMILES string of the molecule is CN(CCCCc1ccccc1)S(=O)(=O)c1cn[nH]c1N. The zero-order valence-electron chi connectivity index (χ0n) is 12.0. The maximum atomic E-state index is 12.3. The second-order valence-electron chi connectivity index (χ2n) is 4.92. The fraction of sp³-hybridized carbons (Fsp3) is 0.357. The van der Waals surface area contributed by atoms with E-state index in [9.17, 15) is 8.42 Å². The van der Waals surface area contributed by atoms with Gasteiger partial charge in [0.15, 0.2) is 0 Å². The highest BCUT2D eigenvalue weighted by molar-refractivity contribution is 7.89. The Bertz CT molecular complexity index is 667. The van der Waals surface area contributed by atoms with Gasteiger partial charge in [-0.05, 0) is 24.8 Å². The molecule has 1 aromatic carbocycles. The molecule has 0 bridgehead atoms. The van der Waals surface area contributed by atoms with Crippen LogP contribution in [0.3, 0.4) is 0 Å². The van der Waals surface area contributed by atoms with Crippen molar-refractivity contribution in [2.45, 2.75) is 24.2 Å². The molecule has 0 atom stereocenters. The molecule has 6 nitrogen and oxygen atoms in total. The van der Waals surface area contributed by atoms with Crippen LogP contribution in [0.2, 0.25) is 0 Å². The lowest BCUT2D eigenvalue weighted by Crippen LogP contribution is -2.28. The van der Waals surface area contributed by atoms with Crippen molar-refractivity contribution in [2.75, 3.05) is 19.3 Å². The first-order chi connectivity index (χ1) is 10.0. The summed E-state index contributed by atoms with van der Waals surface area (Å²) >= 11 is 0. The Kier molecular flexibility index (Phi) is 4.98. The molecular weight excluding hydrogens is 288 g/mol. The van der Waals surface area contributed by atoms with Gasteiger partial charge < -0.3 is 5.73 Å². The van der Waals surface area contributed by atoms with Gasteiger partial charge in [-0.2, -0.15) is 5.10 Å². The molecular formula is C14H20N4O2S. The molecule has 0 amide bonds. The number of unbranched alkanes of at least 4 members (excludes halogenated alkanes) is 1. The number of nitrogens with zero attached hydrogens (tertiary/aromatic N) is 2. The Morgan fingerprint density at radius 3 is 2.57 bits per heavy atom. The van der Waals surface area contributed by atoms with Crippen molar-refractivity contribution in [1.29, 1.82) is 0 Å². The Morgan fingerprint density at radius 2 is 1.95 bits per heavy atom. The highest BCUT2D eigenvalue weighted by Crippen LogP contribution is 2.19. The minimum absolute atomic E-state index is 0.0352. The molecule has 7 heteroatoms. The summed E-state index contributed by atoms with van der Waals surface area (Å²) in [4.78, 5) is 0.0352. The summed E-state index contributed by atoms with van der Waals surface area (Å²) in [6.45, 7) is 0.458. The van der Waals surface area contributed by atoms with Crippen molar-refractivity contribution in [3.63, 3.8) is 0 Å². The number of aromatic amines is 1. The van der Waals surface area contributed by atoms with Crippen molar-refractivity contribution in [1.82, 2.24) is 14.5 Å². The fourth-order valence-electron chi connectivity index (χ4n) is 2.09. The summed E-state index contributed by atoms with van der Waals surface area (Å²) in [7, 11) is -2.00. The van der Waals surface area contributed by atoms with Crippen LogP contribution in [0.25, 0.3) is 0 Å². The number of nitrogens with two attached hydrogens (primary N) is 1. The lowest BCUT2D eigenvalue weighted by molar-refractivity contribution is 0.456. The summed E-state index contributed by atoms with van der Waals surface area (Å²) in [5.41, 5.74) is 6.84. The van der Waals surface area contributed by atoms with Crippen LogP contribution in [-0.2, 0) is 16.4 Å². The predicted octanol–water partition coefficient (Wildman–Crippen LogP) is 1.64. The van der Waals surface area contributed by atoms with Gasteiger partial charge in [0.05, 0.1) is 6.20 Å². The summed E-state index contributed by atoms with van der Waals surface area (Å²) in [6, 6.07) is 10.2. The number of sulfonamides is 1. The second kappa shape index (κ2) is 6.73. The third-order valence-electron chi connectivity index (χ3n) is 3.35. The van der Waals surface area contributed by atoms with Gasteiger partial charge in [0.2, 0.25) is 10.0 Å². The maximum absolute atomic E-state index is 12.3. The Hall–Kier alpha value is -1.86. The molecule has 2 rings (SSSR count). The Morgan fingerprint density at radius 1 is 1.24 bits per heavy atom.